The lowest BCUT2D eigenvalue weighted by Crippen LogP contribution is -2.51. The first-order chi connectivity index (χ1) is 11.7. The molecule has 4 aliphatic carbocycles. The number of hydrogen-bond acceptors (Lipinski definition) is 1. The SMILES string of the molecule is C=C(C)[C@H]1CC[C@H]2[C@@H]3CCC4CC[C@](C)(O)CC[C@]4(C)[C@H]3CC[C@]12C. The maximum Gasteiger partial charge on any atom is 0.0620 e. The van der Waals surface area contributed by atoms with Gasteiger partial charge in [0.1, 0.15) is 0 Å². The summed E-state index contributed by atoms with van der Waals surface area (Å²) in [5.41, 5.74) is 2.02. The minimum Gasteiger partial charge on any atom is -0.390 e. The lowest BCUT2D eigenvalue weighted by Gasteiger charge is -2.59. The van der Waals surface area contributed by atoms with Crippen LogP contribution in [0, 0.1) is 40.4 Å². The molecule has 4 saturated carbocycles. The quantitative estimate of drug-likeness (QED) is 0.548. The molecule has 1 unspecified atom stereocenters. The van der Waals surface area contributed by atoms with Crippen LogP contribution in [0.25, 0.3) is 0 Å². The third-order valence-electron chi connectivity index (χ3n) is 9.89. The first kappa shape index (κ1) is 18.1. The summed E-state index contributed by atoms with van der Waals surface area (Å²) in [5, 5.41) is 10.7. The molecule has 0 spiro atoms. The molecule has 0 heterocycles. The summed E-state index contributed by atoms with van der Waals surface area (Å²) in [6.07, 6.45) is 13.1. The van der Waals surface area contributed by atoms with E-state index >= 15 is 0 Å². The predicted molar refractivity (Wildman–Crippen MR) is 105 cm³/mol. The van der Waals surface area contributed by atoms with Crippen molar-refractivity contribution in [2.75, 3.05) is 0 Å². The minimum absolute atomic E-state index is 0.419. The van der Waals surface area contributed by atoms with Gasteiger partial charge in [-0.15, -0.1) is 0 Å². The lowest BCUT2D eigenvalue weighted by atomic mass is 9.46. The van der Waals surface area contributed by atoms with Crippen molar-refractivity contribution < 1.29 is 5.11 Å². The van der Waals surface area contributed by atoms with Crippen LogP contribution in [0.2, 0.25) is 0 Å². The van der Waals surface area contributed by atoms with E-state index in [2.05, 4.69) is 34.3 Å². The van der Waals surface area contributed by atoms with Gasteiger partial charge >= 0.3 is 0 Å². The van der Waals surface area contributed by atoms with Crippen LogP contribution in [0.4, 0.5) is 0 Å². The molecule has 0 aliphatic heterocycles. The molecule has 4 fully saturated rings. The van der Waals surface area contributed by atoms with E-state index in [-0.39, 0.29) is 0 Å². The van der Waals surface area contributed by atoms with Gasteiger partial charge in [-0.1, -0.05) is 26.0 Å². The van der Waals surface area contributed by atoms with Crippen LogP contribution >= 0.6 is 0 Å². The van der Waals surface area contributed by atoms with Crippen LogP contribution < -0.4 is 0 Å². The van der Waals surface area contributed by atoms with Gasteiger partial charge in [0, 0.05) is 0 Å². The molecular formula is C24H40O. The Morgan fingerprint density at radius 3 is 2.24 bits per heavy atom. The van der Waals surface area contributed by atoms with Crippen LogP contribution in [0.15, 0.2) is 12.2 Å². The number of hydrogen-bond donors (Lipinski definition) is 1. The third kappa shape index (κ3) is 2.67. The van der Waals surface area contributed by atoms with Crippen molar-refractivity contribution in [1.82, 2.24) is 0 Å². The van der Waals surface area contributed by atoms with Gasteiger partial charge in [-0.05, 0) is 118 Å². The second-order valence-electron chi connectivity index (χ2n) is 11.2. The van der Waals surface area contributed by atoms with E-state index in [0.29, 0.717) is 10.8 Å². The summed E-state index contributed by atoms with van der Waals surface area (Å²) in [6, 6.07) is 0. The van der Waals surface area contributed by atoms with Crippen molar-refractivity contribution in [2.24, 2.45) is 40.4 Å². The number of fused-ring (bicyclic) bond motifs is 5. The Morgan fingerprint density at radius 2 is 1.52 bits per heavy atom. The Labute approximate surface area is 155 Å². The standard InChI is InChI=1S/C24H40O/c1-16(2)19-8-9-20-18-7-6-17-10-12-22(3,25)14-15-23(17,4)21(18)11-13-24(19,20)5/h17-21,25H,1,6-15H2,2-5H3/t17?,18-,19+,20-,21-,22-,23-,24+/m0/s1. The fourth-order valence-electron chi connectivity index (χ4n) is 8.36. The predicted octanol–water partition coefficient (Wildman–Crippen LogP) is 6.36. The molecule has 0 aromatic heterocycles. The fourth-order valence-corrected chi connectivity index (χ4v) is 8.36. The van der Waals surface area contributed by atoms with Crippen LogP contribution in [-0.4, -0.2) is 10.7 Å². The molecule has 1 N–H and O–H groups in total. The average molecular weight is 345 g/mol. The highest BCUT2D eigenvalue weighted by Gasteiger charge is 2.59. The average Bonchev–Trinajstić information content (AvgIpc) is 2.84. The van der Waals surface area contributed by atoms with Crippen molar-refractivity contribution in [3.63, 3.8) is 0 Å². The summed E-state index contributed by atoms with van der Waals surface area (Å²) < 4.78 is 0. The summed E-state index contributed by atoms with van der Waals surface area (Å²) in [7, 11) is 0. The molecule has 0 radical (unpaired) electrons. The second kappa shape index (κ2) is 5.85. The maximum atomic E-state index is 10.7. The molecule has 25 heavy (non-hydrogen) atoms. The molecular weight excluding hydrogens is 304 g/mol. The number of rotatable bonds is 1. The zero-order valence-electron chi connectivity index (χ0n) is 17.1. The van der Waals surface area contributed by atoms with Crippen molar-refractivity contribution in [3.05, 3.63) is 12.2 Å². The van der Waals surface area contributed by atoms with Gasteiger partial charge in [0.05, 0.1) is 5.60 Å². The minimum atomic E-state index is -0.419. The van der Waals surface area contributed by atoms with E-state index in [1.54, 1.807) is 0 Å². The number of allylic oxidation sites excluding steroid dienone is 1. The third-order valence-corrected chi connectivity index (χ3v) is 9.89. The highest BCUT2D eigenvalue weighted by atomic mass is 16.3. The molecule has 142 valence electrons. The van der Waals surface area contributed by atoms with Gasteiger partial charge in [-0.3, -0.25) is 0 Å². The van der Waals surface area contributed by atoms with E-state index in [1.165, 1.54) is 56.9 Å². The monoisotopic (exact) mass is 344 g/mol. The van der Waals surface area contributed by atoms with Crippen LogP contribution in [0.1, 0.15) is 91.9 Å². The molecule has 1 heteroatoms. The Hall–Kier alpha value is -0.300. The molecule has 0 bridgehead atoms. The molecule has 1 nitrogen and oxygen atoms in total. The number of aliphatic hydroxyl groups is 1. The van der Waals surface area contributed by atoms with E-state index < -0.39 is 5.60 Å². The highest BCUT2D eigenvalue weighted by molar-refractivity contribution is 5.15. The zero-order chi connectivity index (χ0) is 18.0. The lowest BCUT2D eigenvalue weighted by molar-refractivity contribution is -0.0962. The summed E-state index contributed by atoms with van der Waals surface area (Å²) in [5.74, 6) is 4.38. The fraction of sp³-hybridized carbons (Fsp3) is 0.917. The largest absolute Gasteiger partial charge is 0.390 e. The topological polar surface area (TPSA) is 20.2 Å². The van der Waals surface area contributed by atoms with Gasteiger partial charge in [0.15, 0.2) is 0 Å². The van der Waals surface area contributed by atoms with Gasteiger partial charge in [0.2, 0.25) is 0 Å². The maximum absolute atomic E-state index is 10.7. The summed E-state index contributed by atoms with van der Waals surface area (Å²) >= 11 is 0. The van der Waals surface area contributed by atoms with Crippen molar-refractivity contribution in [1.29, 1.82) is 0 Å². The van der Waals surface area contributed by atoms with Crippen molar-refractivity contribution in [3.8, 4) is 0 Å². The normalized spacial score (nSPS) is 55.6. The Kier molecular flexibility index (Phi) is 4.23. The summed E-state index contributed by atoms with van der Waals surface area (Å²) in [6.45, 7) is 13.9. The Morgan fingerprint density at radius 1 is 0.800 bits per heavy atom. The van der Waals surface area contributed by atoms with Crippen molar-refractivity contribution >= 4 is 0 Å². The van der Waals surface area contributed by atoms with Crippen LogP contribution in [0.5, 0.6) is 0 Å². The van der Waals surface area contributed by atoms with E-state index in [4.69, 9.17) is 0 Å². The van der Waals surface area contributed by atoms with Crippen molar-refractivity contribution in [2.45, 2.75) is 97.5 Å². The van der Waals surface area contributed by atoms with E-state index in [1.807, 2.05) is 0 Å². The second-order valence-corrected chi connectivity index (χ2v) is 11.2. The molecule has 4 rings (SSSR count). The summed E-state index contributed by atoms with van der Waals surface area (Å²) in [4.78, 5) is 0. The highest BCUT2D eigenvalue weighted by Crippen LogP contribution is 2.68. The molecule has 0 aromatic rings. The zero-order valence-corrected chi connectivity index (χ0v) is 17.1. The smallest absolute Gasteiger partial charge is 0.0620 e. The first-order valence-corrected chi connectivity index (χ1v) is 11.1. The Bertz CT molecular complexity index is 548. The molecule has 0 aromatic carbocycles. The molecule has 8 atom stereocenters. The van der Waals surface area contributed by atoms with Gasteiger partial charge in [0.25, 0.3) is 0 Å². The molecule has 4 aliphatic rings. The molecule has 0 saturated heterocycles. The van der Waals surface area contributed by atoms with Gasteiger partial charge in [-0.2, -0.15) is 0 Å². The van der Waals surface area contributed by atoms with Crippen LogP contribution in [-0.2, 0) is 0 Å². The molecule has 0 amide bonds. The van der Waals surface area contributed by atoms with Crippen LogP contribution in [0.3, 0.4) is 0 Å². The van der Waals surface area contributed by atoms with E-state index in [0.717, 1.165) is 42.4 Å². The van der Waals surface area contributed by atoms with Gasteiger partial charge < -0.3 is 5.11 Å². The van der Waals surface area contributed by atoms with E-state index in [9.17, 15) is 5.11 Å². The Balaban J connectivity index is 1.62. The first-order valence-electron chi connectivity index (χ1n) is 11.1. The van der Waals surface area contributed by atoms with Gasteiger partial charge in [-0.25, -0.2) is 0 Å².